The summed E-state index contributed by atoms with van der Waals surface area (Å²) in [5, 5.41) is 10.8. The van der Waals surface area contributed by atoms with Crippen molar-refractivity contribution in [3.05, 3.63) is 39.8 Å². The van der Waals surface area contributed by atoms with Crippen molar-refractivity contribution in [2.45, 2.75) is 12.5 Å². The number of carbonyl (C=O) groups is 1. The maximum Gasteiger partial charge on any atom is 0.231 e. The van der Waals surface area contributed by atoms with Crippen molar-refractivity contribution in [1.29, 1.82) is 5.26 Å². The predicted octanol–water partition coefficient (Wildman–Crippen LogP) is 1.44. The molecule has 0 saturated carbocycles. The van der Waals surface area contributed by atoms with Crippen LogP contribution in [0.1, 0.15) is 22.9 Å². The molecule has 1 aliphatic rings. The van der Waals surface area contributed by atoms with Crippen LogP contribution in [-0.4, -0.2) is 31.7 Å². The molecule has 2 N–H and O–H groups in total. The van der Waals surface area contributed by atoms with Gasteiger partial charge in [0.15, 0.2) is 5.96 Å². The largest absolute Gasteiger partial charge is 0.369 e. The highest BCUT2D eigenvalue weighted by Gasteiger charge is 2.28. The number of nitrogens with zero attached hydrogens (tertiary/aromatic N) is 3. The number of thiophene rings is 1. The van der Waals surface area contributed by atoms with Crippen LogP contribution in [0.2, 0.25) is 0 Å². The van der Waals surface area contributed by atoms with Gasteiger partial charge in [-0.25, -0.2) is 9.38 Å². The number of halogens is 1. The van der Waals surface area contributed by atoms with Gasteiger partial charge in [-0.15, -0.1) is 11.3 Å². The van der Waals surface area contributed by atoms with Gasteiger partial charge in [-0.05, 0) is 28.6 Å². The molecule has 3 rings (SSSR count). The lowest BCUT2D eigenvalue weighted by Gasteiger charge is -2.25. The number of carbonyl (C=O) groups excluding carboxylic acids is 1. The van der Waals surface area contributed by atoms with Gasteiger partial charge >= 0.3 is 0 Å². The van der Waals surface area contributed by atoms with E-state index < -0.39 is 11.9 Å². The third-order valence-electron chi connectivity index (χ3n) is 3.93. The lowest BCUT2D eigenvalue weighted by atomic mass is 9.86. The topological polar surface area (TPSA) is 82.5 Å². The molecule has 1 atom stereocenters. The highest BCUT2D eigenvalue weighted by molar-refractivity contribution is 7.11. The maximum atomic E-state index is 13.5. The zero-order chi connectivity index (χ0) is 17.4. The molecule has 0 aliphatic carbocycles. The van der Waals surface area contributed by atoms with Crippen LogP contribution in [0.25, 0.3) is 11.1 Å². The molecular weight excluding hydrogens is 326 g/mol. The van der Waals surface area contributed by atoms with Crippen LogP contribution < -0.4 is 11.2 Å². The van der Waals surface area contributed by atoms with Crippen molar-refractivity contribution in [2.24, 2.45) is 10.7 Å². The molecule has 0 fully saturated rings. The van der Waals surface area contributed by atoms with Gasteiger partial charge in [0.1, 0.15) is 19.7 Å². The summed E-state index contributed by atoms with van der Waals surface area (Å²) in [6.45, 7) is 0. The average Bonchev–Trinajstić information content (AvgIpc) is 2.94. The van der Waals surface area contributed by atoms with E-state index in [0.29, 0.717) is 16.6 Å². The van der Waals surface area contributed by atoms with Crippen molar-refractivity contribution in [1.82, 2.24) is 4.90 Å². The Morgan fingerprint density at radius 2 is 2.29 bits per heavy atom. The minimum atomic E-state index is -0.575. The van der Waals surface area contributed by atoms with Crippen LogP contribution in [-0.2, 0) is 4.79 Å². The van der Waals surface area contributed by atoms with Crippen LogP contribution >= 0.6 is 11.3 Å². The molecule has 0 unspecified atom stereocenters. The Morgan fingerprint density at radius 1 is 1.54 bits per heavy atom. The molecule has 0 saturated heterocycles. The van der Waals surface area contributed by atoms with Gasteiger partial charge in [-0.3, -0.25) is 9.69 Å². The van der Waals surface area contributed by atoms with E-state index in [0.717, 1.165) is 4.88 Å². The second-order valence-corrected chi connectivity index (χ2v) is 6.30. The van der Waals surface area contributed by atoms with E-state index in [1.165, 1.54) is 28.4 Å². The normalized spacial score (nSPS) is 17.5. The first-order valence-corrected chi connectivity index (χ1v) is 7.97. The van der Waals surface area contributed by atoms with Crippen molar-refractivity contribution >= 4 is 36.5 Å². The highest BCUT2D eigenvalue weighted by Crippen LogP contribution is 2.32. The van der Waals surface area contributed by atoms with Gasteiger partial charge in [0, 0.05) is 11.9 Å². The number of hydrogen-bond acceptors (Lipinski definition) is 5. The van der Waals surface area contributed by atoms with Crippen LogP contribution in [0, 0.1) is 17.1 Å². The fourth-order valence-electron chi connectivity index (χ4n) is 2.52. The van der Waals surface area contributed by atoms with E-state index in [9.17, 15) is 9.18 Å². The molecule has 1 aliphatic heterocycles. The number of benzene rings is 1. The fraction of sp³-hybridized carbons (Fsp3) is 0.188. The van der Waals surface area contributed by atoms with E-state index in [1.54, 1.807) is 13.1 Å². The third-order valence-corrected chi connectivity index (χ3v) is 5.03. The van der Waals surface area contributed by atoms with Gasteiger partial charge in [-0.2, -0.15) is 5.26 Å². The van der Waals surface area contributed by atoms with Crippen molar-refractivity contribution in [3.63, 3.8) is 0 Å². The summed E-state index contributed by atoms with van der Waals surface area (Å²) >= 11 is 1.37. The molecule has 2 radical (unpaired) electrons. The summed E-state index contributed by atoms with van der Waals surface area (Å²) in [4.78, 5) is 18.3. The van der Waals surface area contributed by atoms with E-state index >= 15 is 0 Å². The number of rotatable bonds is 2. The van der Waals surface area contributed by atoms with Crippen LogP contribution in [0.15, 0.2) is 28.6 Å². The summed E-state index contributed by atoms with van der Waals surface area (Å²) in [5.41, 5.74) is 7.51. The Balaban J connectivity index is 2.01. The molecule has 0 bridgehead atoms. The molecule has 8 heteroatoms. The first kappa shape index (κ1) is 16.2. The number of guanidine groups is 1. The van der Waals surface area contributed by atoms with Gasteiger partial charge < -0.3 is 5.73 Å². The number of aliphatic imine (C=N–C) groups is 1. The fourth-order valence-corrected chi connectivity index (χ4v) is 3.55. The number of amides is 1. The SMILES string of the molecule is [B]c1c(-c2ccc(F)c(C#N)c2)csc1[C@@H]1CC(=O)N(C)C(N)=N1. The molecule has 2 heterocycles. The highest BCUT2D eigenvalue weighted by atomic mass is 32.1. The lowest BCUT2D eigenvalue weighted by molar-refractivity contribution is -0.127. The number of nitriles is 1. The second-order valence-electron chi connectivity index (χ2n) is 5.39. The molecule has 1 aromatic carbocycles. The minimum absolute atomic E-state index is 0.0450. The Hall–Kier alpha value is -2.66. The van der Waals surface area contributed by atoms with Crippen LogP contribution in [0.3, 0.4) is 0 Å². The zero-order valence-corrected chi connectivity index (χ0v) is 13.6. The summed E-state index contributed by atoms with van der Waals surface area (Å²) in [6.07, 6.45) is 0.189. The smallest absolute Gasteiger partial charge is 0.231 e. The Bertz CT molecular complexity index is 902. The number of hydrogen-bond donors (Lipinski definition) is 1. The van der Waals surface area contributed by atoms with Crippen molar-refractivity contribution in [2.75, 3.05) is 7.05 Å². The standard InChI is InChI=1S/C16H12BFN4OS/c1-22-13(23)5-12(21-16(22)20)15-14(17)10(7-24-15)8-2-3-11(18)9(4-8)6-19/h2-4,7,12H,5H2,1H3,(H2,20,21)/t12-/m0/s1. The van der Waals surface area contributed by atoms with E-state index in [4.69, 9.17) is 18.8 Å². The first-order chi connectivity index (χ1) is 11.4. The molecule has 24 heavy (non-hydrogen) atoms. The average molecular weight is 338 g/mol. The Labute approximate surface area is 143 Å². The zero-order valence-electron chi connectivity index (χ0n) is 12.8. The van der Waals surface area contributed by atoms with Crippen LogP contribution in [0.5, 0.6) is 0 Å². The Kier molecular flexibility index (Phi) is 4.12. The second kappa shape index (κ2) is 6.09. The van der Waals surface area contributed by atoms with Gasteiger partial charge in [0.2, 0.25) is 5.91 Å². The quantitative estimate of drug-likeness (QED) is 0.841. The molecule has 5 nitrogen and oxygen atoms in total. The molecular formula is C16H12BFN4OS. The lowest BCUT2D eigenvalue weighted by Crippen LogP contribution is -2.43. The molecule has 118 valence electrons. The summed E-state index contributed by atoms with van der Waals surface area (Å²) in [7, 11) is 7.79. The minimum Gasteiger partial charge on any atom is -0.369 e. The third kappa shape index (κ3) is 2.67. The Morgan fingerprint density at radius 3 is 2.96 bits per heavy atom. The first-order valence-electron chi connectivity index (χ1n) is 7.09. The van der Waals surface area contributed by atoms with Gasteiger partial charge in [-0.1, -0.05) is 11.5 Å². The number of nitrogens with two attached hydrogens (primary N) is 1. The monoisotopic (exact) mass is 338 g/mol. The van der Waals surface area contributed by atoms with E-state index in [-0.39, 0.29) is 23.9 Å². The summed E-state index contributed by atoms with van der Waals surface area (Å²) in [5.74, 6) is -0.553. The van der Waals surface area contributed by atoms with Gasteiger partial charge in [0.25, 0.3) is 0 Å². The van der Waals surface area contributed by atoms with Crippen molar-refractivity contribution in [3.8, 4) is 17.2 Å². The molecule has 1 amide bonds. The molecule has 1 aromatic heterocycles. The van der Waals surface area contributed by atoms with Crippen molar-refractivity contribution < 1.29 is 9.18 Å². The van der Waals surface area contributed by atoms with Gasteiger partial charge in [0.05, 0.1) is 18.0 Å². The van der Waals surface area contributed by atoms with Crippen LogP contribution in [0.4, 0.5) is 4.39 Å². The summed E-state index contributed by atoms with van der Waals surface area (Å²) in [6, 6.07) is 5.64. The molecule has 0 spiro atoms. The predicted molar refractivity (Wildman–Crippen MR) is 91.6 cm³/mol. The van der Waals surface area contributed by atoms with E-state index in [1.807, 2.05) is 11.4 Å². The molecule has 2 aromatic rings. The summed E-state index contributed by atoms with van der Waals surface area (Å²) < 4.78 is 13.5. The van der Waals surface area contributed by atoms with E-state index in [2.05, 4.69) is 4.99 Å². The maximum absolute atomic E-state index is 13.5.